The van der Waals surface area contributed by atoms with Crippen molar-refractivity contribution in [2.24, 2.45) is 0 Å². The number of benzene rings is 1. The number of aromatic carboxylic acids is 1. The lowest BCUT2D eigenvalue weighted by Crippen LogP contribution is -2.22. The number of hydrogen-bond donors (Lipinski definition) is 2. The van der Waals surface area contributed by atoms with Crippen molar-refractivity contribution in [1.82, 2.24) is 4.90 Å². The topological polar surface area (TPSA) is 60.8 Å². The Morgan fingerprint density at radius 1 is 1.47 bits per heavy atom. The Bertz CT molecular complexity index is 611. The molecule has 4 nitrogen and oxygen atoms in total. The molecule has 19 heavy (non-hydrogen) atoms. The quantitative estimate of drug-likeness (QED) is 0.883. The normalized spacial score (nSPS) is 11.4. The van der Waals surface area contributed by atoms with Gasteiger partial charge in [0, 0.05) is 28.7 Å². The smallest absolute Gasteiger partial charge is 0.346 e. The first kappa shape index (κ1) is 13.9. The van der Waals surface area contributed by atoms with Crippen molar-refractivity contribution < 1.29 is 19.4 Å². The van der Waals surface area contributed by atoms with Gasteiger partial charge in [-0.1, -0.05) is 6.07 Å². The lowest BCUT2D eigenvalue weighted by atomic mass is 10.1. The maximum absolute atomic E-state index is 13.9. The predicted octanol–water partition coefficient (Wildman–Crippen LogP) is 2.16. The van der Waals surface area contributed by atoms with Crippen LogP contribution in [0.1, 0.15) is 15.2 Å². The van der Waals surface area contributed by atoms with Crippen LogP contribution in [0.4, 0.5) is 4.39 Å². The molecule has 0 saturated heterocycles. The van der Waals surface area contributed by atoms with Gasteiger partial charge in [-0.2, -0.15) is 0 Å². The average molecular weight is 283 g/mol. The van der Waals surface area contributed by atoms with E-state index in [1.54, 1.807) is 24.1 Å². The predicted molar refractivity (Wildman–Crippen MR) is 72.2 cm³/mol. The molecular formula is C13H14FNO3S. The molecule has 2 aromatic rings. The van der Waals surface area contributed by atoms with E-state index in [4.69, 9.17) is 5.11 Å². The number of nitrogens with zero attached hydrogens (tertiary/aromatic N) is 1. The third-order valence-electron chi connectivity index (χ3n) is 2.87. The van der Waals surface area contributed by atoms with E-state index in [0.717, 1.165) is 11.3 Å². The highest BCUT2D eigenvalue weighted by Crippen LogP contribution is 2.33. The van der Waals surface area contributed by atoms with Crippen LogP contribution in [-0.2, 0) is 6.54 Å². The molecule has 2 N–H and O–H groups in total. The van der Waals surface area contributed by atoms with Gasteiger partial charge in [-0.05, 0) is 19.2 Å². The van der Waals surface area contributed by atoms with Crippen molar-refractivity contribution in [2.75, 3.05) is 20.2 Å². The number of fused-ring (bicyclic) bond motifs is 1. The standard InChI is InChI=1S/C13H14FNO3S/c1-15(5-6-16)7-8-11-9(14)3-2-4-10(11)19-12(8)13(17)18/h2-4,16H,5-7H2,1H3,(H,17,18). The first-order valence-electron chi connectivity index (χ1n) is 5.77. The summed E-state index contributed by atoms with van der Waals surface area (Å²) >= 11 is 1.08. The molecule has 0 saturated carbocycles. The van der Waals surface area contributed by atoms with Gasteiger partial charge in [-0.15, -0.1) is 11.3 Å². The fourth-order valence-corrected chi connectivity index (χ4v) is 3.08. The monoisotopic (exact) mass is 283 g/mol. The van der Waals surface area contributed by atoms with Crippen LogP contribution in [0, 0.1) is 5.82 Å². The van der Waals surface area contributed by atoms with E-state index in [1.165, 1.54) is 6.07 Å². The zero-order chi connectivity index (χ0) is 14.0. The van der Waals surface area contributed by atoms with Crippen molar-refractivity contribution >= 4 is 27.4 Å². The molecule has 1 aromatic carbocycles. The van der Waals surface area contributed by atoms with Crippen molar-refractivity contribution in [1.29, 1.82) is 0 Å². The Hall–Kier alpha value is -1.50. The molecular weight excluding hydrogens is 269 g/mol. The maximum Gasteiger partial charge on any atom is 0.346 e. The molecule has 0 amide bonds. The van der Waals surface area contributed by atoms with Crippen LogP contribution < -0.4 is 0 Å². The summed E-state index contributed by atoms with van der Waals surface area (Å²) in [6.45, 7) is 0.678. The van der Waals surface area contributed by atoms with Gasteiger partial charge >= 0.3 is 5.97 Å². The SMILES string of the molecule is CN(CCO)Cc1c(C(=O)O)sc2cccc(F)c12. The molecule has 0 unspecified atom stereocenters. The third-order valence-corrected chi connectivity index (χ3v) is 4.05. The number of aliphatic hydroxyl groups is 1. The van der Waals surface area contributed by atoms with E-state index in [0.29, 0.717) is 28.7 Å². The third kappa shape index (κ3) is 2.75. The van der Waals surface area contributed by atoms with Crippen molar-refractivity contribution in [3.63, 3.8) is 0 Å². The molecule has 6 heteroatoms. The highest BCUT2D eigenvalue weighted by Gasteiger charge is 2.20. The van der Waals surface area contributed by atoms with Crippen molar-refractivity contribution in [3.05, 3.63) is 34.5 Å². The summed E-state index contributed by atoms with van der Waals surface area (Å²) in [5.41, 5.74) is 0.474. The first-order chi connectivity index (χ1) is 9.04. The van der Waals surface area contributed by atoms with Gasteiger partial charge in [0.2, 0.25) is 0 Å². The molecule has 1 heterocycles. The van der Waals surface area contributed by atoms with Crippen LogP contribution in [0.25, 0.3) is 10.1 Å². The highest BCUT2D eigenvalue weighted by atomic mass is 32.1. The zero-order valence-corrected chi connectivity index (χ0v) is 11.2. The minimum atomic E-state index is -1.05. The van der Waals surface area contributed by atoms with Gasteiger partial charge in [0.05, 0.1) is 6.61 Å². The number of carboxylic acids is 1. The number of rotatable bonds is 5. The van der Waals surface area contributed by atoms with E-state index in [2.05, 4.69) is 0 Å². The summed E-state index contributed by atoms with van der Waals surface area (Å²) in [6, 6.07) is 4.61. The summed E-state index contributed by atoms with van der Waals surface area (Å²) in [5.74, 6) is -1.46. The Kier molecular flexibility index (Phi) is 4.14. The second-order valence-electron chi connectivity index (χ2n) is 4.29. The van der Waals surface area contributed by atoms with E-state index in [-0.39, 0.29) is 11.5 Å². The number of likely N-dealkylation sites (N-methyl/N-ethyl adjacent to an activating group) is 1. The Labute approximate surface area is 113 Å². The first-order valence-corrected chi connectivity index (χ1v) is 6.58. The van der Waals surface area contributed by atoms with E-state index >= 15 is 0 Å². The number of hydrogen-bond acceptors (Lipinski definition) is 4. The van der Waals surface area contributed by atoms with Gasteiger partial charge < -0.3 is 10.2 Å². The molecule has 0 fully saturated rings. The largest absolute Gasteiger partial charge is 0.477 e. The van der Waals surface area contributed by atoms with Gasteiger partial charge in [-0.25, -0.2) is 9.18 Å². The van der Waals surface area contributed by atoms with Gasteiger partial charge in [0.1, 0.15) is 10.7 Å². The van der Waals surface area contributed by atoms with Crippen LogP contribution in [0.3, 0.4) is 0 Å². The second kappa shape index (κ2) is 5.64. The summed E-state index contributed by atoms with van der Waals surface area (Å²) < 4.78 is 14.5. The summed E-state index contributed by atoms with van der Waals surface area (Å²) in [5, 5.41) is 18.5. The van der Waals surface area contributed by atoms with E-state index in [1.807, 2.05) is 0 Å². The fourth-order valence-electron chi connectivity index (χ4n) is 2.01. The van der Waals surface area contributed by atoms with Gasteiger partial charge in [-0.3, -0.25) is 4.90 Å². The number of thiophene rings is 1. The molecule has 0 radical (unpaired) electrons. The molecule has 0 aliphatic rings. The van der Waals surface area contributed by atoms with E-state index in [9.17, 15) is 14.3 Å². The van der Waals surface area contributed by atoms with Crippen LogP contribution >= 0.6 is 11.3 Å². The second-order valence-corrected chi connectivity index (χ2v) is 5.34. The molecule has 102 valence electrons. The Morgan fingerprint density at radius 2 is 2.21 bits per heavy atom. The van der Waals surface area contributed by atoms with E-state index < -0.39 is 11.8 Å². The van der Waals surface area contributed by atoms with Crippen LogP contribution in [0.5, 0.6) is 0 Å². The van der Waals surface area contributed by atoms with Gasteiger partial charge in [0.25, 0.3) is 0 Å². The molecule has 0 atom stereocenters. The fraction of sp³-hybridized carbons (Fsp3) is 0.308. The highest BCUT2D eigenvalue weighted by molar-refractivity contribution is 7.21. The minimum Gasteiger partial charge on any atom is -0.477 e. The van der Waals surface area contributed by atoms with Crippen molar-refractivity contribution in [3.8, 4) is 0 Å². The number of aliphatic hydroxyl groups excluding tert-OH is 1. The van der Waals surface area contributed by atoms with Crippen LogP contribution in [-0.4, -0.2) is 41.3 Å². The molecule has 0 spiro atoms. The molecule has 2 rings (SSSR count). The summed E-state index contributed by atoms with van der Waals surface area (Å²) in [4.78, 5) is 13.2. The number of carboxylic acid groups (broad SMARTS) is 1. The Morgan fingerprint density at radius 3 is 2.84 bits per heavy atom. The van der Waals surface area contributed by atoms with Crippen molar-refractivity contribution in [2.45, 2.75) is 6.54 Å². The summed E-state index contributed by atoms with van der Waals surface area (Å²) in [6.07, 6.45) is 0. The molecule has 0 aliphatic carbocycles. The maximum atomic E-state index is 13.9. The lowest BCUT2D eigenvalue weighted by molar-refractivity contribution is 0.0700. The summed E-state index contributed by atoms with van der Waals surface area (Å²) in [7, 11) is 1.76. The van der Waals surface area contributed by atoms with Gasteiger partial charge in [0.15, 0.2) is 0 Å². The number of carbonyl (C=O) groups is 1. The zero-order valence-electron chi connectivity index (χ0n) is 10.4. The molecule has 0 bridgehead atoms. The average Bonchev–Trinajstić information content (AvgIpc) is 2.70. The minimum absolute atomic E-state index is 0.0243. The van der Waals surface area contributed by atoms with Crippen LogP contribution in [0.15, 0.2) is 18.2 Å². The van der Waals surface area contributed by atoms with Crippen LogP contribution in [0.2, 0.25) is 0 Å². The number of halogens is 1. The lowest BCUT2D eigenvalue weighted by Gasteiger charge is -2.15. The molecule has 0 aliphatic heterocycles. The molecule has 1 aromatic heterocycles. The Balaban J connectivity index is 2.54.